The molecule has 0 bridgehead atoms. The number of amides is 1. The van der Waals surface area contributed by atoms with Crippen molar-refractivity contribution in [1.29, 1.82) is 0 Å². The Hall–Kier alpha value is -2.82. The second-order valence-corrected chi connectivity index (χ2v) is 9.31. The van der Waals surface area contributed by atoms with Crippen LogP contribution in [0.2, 0.25) is 0 Å². The van der Waals surface area contributed by atoms with E-state index in [1.807, 2.05) is 0 Å². The third-order valence-electron chi connectivity index (χ3n) is 5.39. The van der Waals surface area contributed by atoms with Crippen LogP contribution in [0.15, 0.2) is 53.6 Å². The summed E-state index contributed by atoms with van der Waals surface area (Å²) in [7, 11) is -3.81. The number of hydrogen-bond acceptors (Lipinski definition) is 4. The van der Waals surface area contributed by atoms with Crippen molar-refractivity contribution >= 4 is 26.8 Å². The molecule has 2 aromatic carbocycles. The number of alkyl halides is 1. The Morgan fingerprint density at radius 2 is 1.94 bits per heavy atom. The summed E-state index contributed by atoms with van der Waals surface area (Å²) in [5, 5.41) is 0.825. The van der Waals surface area contributed by atoms with E-state index in [-0.39, 0.29) is 42.7 Å². The molecule has 164 valence electrons. The van der Waals surface area contributed by atoms with E-state index >= 15 is 0 Å². The summed E-state index contributed by atoms with van der Waals surface area (Å²) in [6.45, 7) is -0.0248. The van der Waals surface area contributed by atoms with Crippen molar-refractivity contribution in [3.63, 3.8) is 0 Å². The zero-order valence-electron chi connectivity index (χ0n) is 16.5. The molecule has 0 radical (unpaired) electrons. The molecule has 0 aliphatic carbocycles. The lowest BCUT2D eigenvalue weighted by Gasteiger charge is -2.15. The predicted molar refractivity (Wildman–Crippen MR) is 113 cm³/mol. The van der Waals surface area contributed by atoms with E-state index < -0.39 is 22.2 Å². The Balaban J connectivity index is 1.40. The molecule has 7 nitrogen and oxygen atoms in total. The van der Waals surface area contributed by atoms with Gasteiger partial charge < -0.3 is 15.6 Å². The van der Waals surface area contributed by atoms with Crippen molar-refractivity contribution in [3.05, 3.63) is 54.5 Å². The molecule has 1 fully saturated rings. The van der Waals surface area contributed by atoms with Gasteiger partial charge in [0, 0.05) is 42.2 Å². The summed E-state index contributed by atoms with van der Waals surface area (Å²) in [6.07, 6.45) is 0.405. The van der Waals surface area contributed by atoms with Crippen LogP contribution in [0.4, 0.5) is 8.78 Å². The van der Waals surface area contributed by atoms with Crippen LogP contribution in [0.25, 0.3) is 22.0 Å². The molecule has 3 aromatic rings. The van der Waals surface area contributed by atoms with Gasteiger partial charge >= 0.3 is 0 Å². The number of rotatable bonds is 6. The fourth-order valence-electron chi connectivity index (χ4n) is 3.68. The first-order valence-electron chi connectivity index (χ1n) is 9.79. The SMILES string of the molecule is N[C@H]1CN(C(=O)CCNS(=O)(=O)c2ccc(-c3c[nH]c4cc(F)ccc34)cc2)C[C@@H]1F. The highest BCUT2D eigenvalue weighted by Gasteiger charge is 2.32. The first-order valence-corrected chi connectivity index (χ1v) is 11.3. The number of carbonyl (C=O) groups is 1. The van der Waals surface area contributed by atoms with E-state index in [1.54, 1.807) is 24.4 Å². The van der Waals surface area contributed by atoms with E-state index in [9.17, 15) is 22.0 Å². The van der Waals surface area contributed by atoms with Crippen molar-refractivity contribution < 1.29 is 22.0 Å². The molecule has 31 heavy (non-hydrogen) atoms. The van der Waals surface area contributed by atoms with Crippen LogP contribution < -0.4 is 10.5 Å². The first kappa shape index (κ1) is 21.4. The van der Waals surface area contributed by atoms with Crippen molar-refractivity contribution in [1.82, 2.24) is 14.6 Å². The molecule has 0 saturated carbocycles. The van der Waals surface area contributed by atoms with Crippen LogP contribution in [0.3, 0.4) is 0 Å². The highest BCUT2D eigenvalue weighted by molar-refractivity contribution is 7.89. The van der Waals surface area contributed by atoms with Gasteiger partial charge in [0.25, 0.3) is 0 Å². The van der Waals surface area contributed by atoms with Crippen LogP contribution in [0, 0.1) is 5.82 Å². The van der Waals surface area contributed by atoms with Gasteiger partial charge in [0.1, 0.15) is 12.0 Å². The minimum atomic E-state index is -3.81. The maximum Gasteiger partial charge on any atom is 0.240 e. The quantitative estimate of drug-likeness (QED) is 0.537. The smallest absolute Gasteiger partial charge is 0.240 e. The van der Waals surface area contributed by atoms with E-state index in [0.717, 1.165) is 16.5 Å². The van der Waals surface area contributed by atoms with Gasteiger partial charge in [0.05, 0.1) is 17.5 Å². The lowest BCUT2D eigenvalue weighted by Crippen LogP contribution is -2.35. The van der Waals surface area contributed by atoms with Crippen LogP contribution in [0.1, 0.15) is 6.42 Å². The number of aromatic amines is 1. The number of benzene rings is 2. The van der Waals surface area contributed by atoms with Gasteiger partial charge in [-0.3, -0.25) is 4.79 Å². The van der Waals surface area contributed by atoms with Gasteiger partial charge in [0.15, 0.2) is 0 Å². The summed E-state index contributed by atoms with van der Waals surface area (Å²) in [6, 6.07) is 9.99. The van der Waals surface area contributed by atoms with Gasteiger partial charge in [-0.25, -0.2) is 21.9 Å². The summed E-state index contributed by atoms with van der Waals surface area (Å²) in [5.74, 6) is -0.687. The van der Waals surface area contributed by atoms with Gasteiger partial charge in [-0.1, -0.05) is 12.1 Å². The van der Waals surface area contributed by atoms with Crippen LogP contribution in [0.5, 0.6) is 0 Å². The Labute approximate surface area is 178 Å². The second kappa shape index (κ2) is 8.37. The maximum atomic E-state index is 13.4. The Bertz CT molecular complexity index is 1200. The van der Waals surface area contributed by atoms with Gasteiger partial charge in [-0.2, -0.15) is 0 Å². The second-order valence-electron chi connectivity index (χ2n) is 7.54. The van der Waals surface area contributed by atoms with Gasteiger partial charge in [-0.05, 0) is 35.9 Å². The number of fused-ring (bicyclic) bond motifs is 1. The largest absolute Gasteiger partial charge is 0.360 e. The molecule has 0 spiro atoms. The van der Waals surface area contributed by atoms with Crippen molar-refractivity contribution in [2.45, 2.75) is 23.5 Å². The minimum absolute atomic E-state index is 0.0570. The predicted octanol–water partition coefficient (Wildman–Crippen LogP) is 2.15. The zero-order chi connectivity index (χ0) is 22.2. The van der Waals surface area contributed by atoms with Gasteiger partial charge in [0.2, 0.25) is 15.9 Å². The van der Waals surface area contributed by atoms with Crippen molar-refractivity contribution in [2.75, 3.05) is 19.6 Å². The van der Waals surface area contributed by atoms with Gasteiger partial charge in [-0.15, -0.1) is 0 Å². The lowest BCUT2D eigenvalue weighted by atomic mass is 10.1. The molecule has 4 rings (SSSR count). The molecule has 1 aromatic heterocycles. The normalized spacial score (nSPS) is 19.3. The monoisotopic (exact) mass is 448 g/mol. The van der Waals surface area contributed by atoms with E-state index in [0.29, 0.717) is 5.52 Å². The number of carbonyl (C=O) groups excluding carboxylic acids is 1. The van der Waals surface area contributed by atoms with Crippen molar-refractivity contribution in [3.8, 4) is 11.1 Å². The maximum absolute atomic E-state index is 13.4. The molecular formula is C21H22F2N4O3S. The average molecular weight is 448 g/mol. The summed E-state index contributed by atoms with van der Waals surface area (Å²) in [4.78, 5) is 16.5. The highest BCUT2D eigenvalue weighted by Crippen LogP contribution is 2.29. The van der Waals surface area contributed by atoms with E-state index in [2.05, 4.69) is 9.71 Å². The Morgan fingerprint density at radius 1 is 1.19 bits per heavy atom. The minimum Gasteiger partial charge on any atom is -0.360 e. The highest BCUT2D eigenvalue weighted by atomic mass is 32.2. The Morgan fingerprint density at radius 3 is 2.61 bits per heavy atom. The molecule has 2 heterocycles. The van der Waals surface area contributed by atoms with E-state index in [1.165, 1.54) is 29.2 Å². The molecule has 4 N–H and O–H groups in total. The first-order chi connectivity index (χ1) is 14.7. The van der Waals surface area contributed by atoms with E-state index in [4.69, 9.17) is 5.73 Å². The molecule has 1 aliphatic heterocycles. The molecule has 0 unspecified atom stereocenters. The standard InChI is InChI=1S/C21H22F2N4O3S/c22-14-3-6-16-17(10-25-20(16)9-14)13-1-4-15(5-2-13)31(29,30)26-8-7-21(28)27-11-18(23)19(24)12-27/h1-6,9-10,18-19,25-26H,7-8,11-12,24H2/t18-,19-/m0/s1. The molecule has 1 saturated heterocycles. The topological polar surface area (TPSA) is 108 Å². The number of nitrogens with zero attached hydrogens (tertiary/aromatic N) is 1. The summed E-state index contributed by atoms with van der Waals surface area (Å²) in [5.41, 5.74) is 7.82. The fraction of sp³-hybridized carbons (Fsp3) is 0.286. The average Bonchev–Trinajstić information content (AvgIpc) is 3.30. The molecule has 2 atom stereocenters. The summed E-state index contributed by atoms with van der Waals surface area (Å²) < 4.78 is 54.3. The number of sulfonamides is 1. The summed E-state index contributed by atoms with van der Waals surface area (Å²) >= 11 is 0. The zero-order valence-corrected chi connectivity index (χ0v) is 17.3. The Kier molecular flexibility index (Phi) is 5.78. The van der Waals surface area contributed by atoms with Crippen molar-refractivity contribution in [2.24, 2.45) is 5.73 Å². The number of H-pyrrole nitrogens is 1. The third-order valence-corrected chi connectivity index (χ3v) is 6.87. The number of halogens is 2. The molecular weight excluding hydrogens is 426 g/mol. The van der Waals surface area contributed by atoms with Crippen LogP contribution in [-0.4, -0.2) is 56.1 Å². The fourth-order valence-corrected chi connectivity index (χ4v) is 4.71. The molecule has 1 amide bonds. The molecule has 1 aliphatic rings. The number of hydrogen-bond donors (Lipinski definition) is 3. The number of nitrogens with two attached hydrogens (primary N) is 1. The number of likely N-dealkylation sites (tertiary alicyclic amines) is 1. The van der Waals surface area contributed by atoms with Crippen LogP contribution >= 0.6 is 0 Å². The lowest BCUT2D eigenvalue weighted by molar-refractivity contribution is -0.130. The number of aromatic nitrogens is 1. The number of nitrogens with one attached hydrogen (secondary N) is 2. The molecule has 10 heteroatoms. The van der Waals surface area contributed by atoms with Crippen LogP contribution in [-0.2, 0) is 14.8 Å². The third kappa shape index (κ3) is 4.46.